The molecule has 0 aliphatic rings. The number of benzene rings is 1. The summed E-state index contributed by atoms with van der Waals surface area (Å²) in [6.07, 6.45) is 4.27. The topological polar surface area (TPSA) is 105 Å². The van der Waals surface area contributed by atoms with Crippen LogP contribution in [0, 0.1) is 6.92 Å². The van der Waals surface area contributed by atoms with E-state index < -0.39 is 11.2 Å². The van der Waals surface area contributed by atoms with Crippen LogP contribution in [0.4, 0.5) is 11.5 Å². The second-order valence-corrected chi connectivity index (χ2v) is 7.16. The molecule has 0 bridgehead atoms. The second-order valence-electron chi connectivity index (χ2n) is 7.16. The summed E-state index contributed by atoms with van der Waals surface area (Å²) in [6, 6.07) is 13.1. The van der Waals surface area contributed by atoms with Crippen molar-refractivity contribution in [3.05, 3.63) is 86.8 Å². The highest BCUT2D eigenvalue weighted by molar-refractivity contribution is 5.94. The van der Waals surface area contributed by atoms with Crippen molar-refractivity contribution in [3.63, 3.8) is 0 Å². The van der Waals surface area contributed by atoms with Gasteiger partial charge in [0.2, 0.25) is 6.54 Å². The molecule has 2 aromatic heterocycles. The Bertz CT molecular complexity index is 1160. The Balaban J connectivity index is 0.00000341. The molecule has 0 saturated heterocycles. The molecule has 0 radical (unpaired) electrons. The first-order chi connectivity index (χ1) is 14.4. The second kappa shape index (κ2) is 10.6. The molecule has 1 amide bonds. The van der Waals surface area contributed by atoms with Gasteiger partial charge in [-0.1, -0.05) is 37.3 Å². The van der Waals surface area contributed by atoms with Crippen LogP contribution >= 0.6 is 0 Å². The van der Waals surface area contributed by atoms with Gasteiger partial charge in [-0.3, -0.25) is 24.0 Å². The Labute approximate surface area is 186 Å². The van der Waals surface area contributed by atoms with Crippen LogP contribution in [0.2, 0.25) is 0 Å². The number of carbonyl (C=O) groups excluding carboxylic acids is 1. The number of H-pyrrole nitrogens is 1. The number of nitrogens with two attached hydrogens (primary N) is 1. The van der Waals surface area contributed by atoms with E-state index in [2.05, 4.69) is 4.98 Å². The molecule has 0 spiro atoms. The summed E-state index contributed by atoms with van der Waals surface area (Å²) < 4.78 is 3.03. The lowest BCUT2D eigenvalue weighted by atomic mass is 10.2. The van der Waals surface area contributed by atoms with Crippen molar-refractivity contribution in [2.75, 3.05) is 17.2 Å². The zero-order chi connectivity index (χ0) is 21.7. The van der Waals surface area contributed by atoms with Gasteiger partial charge in [0.15, 0.2) is 18.1 Å². The number of nitrogen functional groups attached to an aromatic ring is 1. The number of aromatic amines is 1. The molecule has 0 fully saturated rings. The van der Waals surface area contributed by atoms with Gasteiger partial charge in [-0.15, -0.1) is 0 Å². The predicted molar refractivity (Wildman–Crippen MR) is 115 cm³/mol. The zero-order valence-electron chi connectivity index (χ0n) is 17.5. The third-order valence-electron chi connectivity index (χ3n) is 4.74. The third kappa shape index (κ3) is 5.61. The van der Waals surface area contributed by atoms with E-state index >= 15 is 0 Å². The van der Waals surface area contributed by atoms with Crippen molar-refractivity contribution in [3.8, 4) is 0 Å². The molecule has 0 aliphatic carbocycles. The molecule has 0 atom stereocenters. The number of anilines is 2. The fourth-order valence-corrected chi connectivity index (χ4v) is 3.34. The smallest absolute Gasteiger partial charge is 0.330 e. The number of amides is 1. The van der Waals surface area contributed by atoms with Gasteiger partial charge in [0.25, 0.3) is 11.5 Å². The Morgan fingerprint density at radius 3 is 2.52 bits per heavy atom. The average Bonchev–Trinajstić information content (AvgIpc) is 2.71. The van der Waals surface area contributed by atoms with Crippen LogP contribution in [0.15, 0.2) is 64.4 Å². The molecule has 0 saturated carbocycles. The zero-order valence-corrected chi connectivity index (χ0v) is 18.3. The summed E-state index contributed by atoms with van der Waals surface area (Å²) in [5.41, 5.74) is 6.86. The summed E-state index contributed by atoms with van der Waals surface area (Å²) in [7, 11) is 0. The van der Waals surface area contributed by atoms with E-state index in [1.54, 1.807) is 10.8 Å². The lowest BCUT2D eigenvalue weighted by Crippen LogP contribution is -3.00. The minimum absolute atomic E-state index is 0. The standard InChI is InChI=1S/C22H25N5O3.ClH/c1-3-11-26(18(28)15-25-12-7-8-16(2)13-25)19-20(23)27(22(30)24-21(19)29)14-17-9-5-4-6-10-17;/h4-10,12-13H,3,11,14-15H2,1-2H3,(H2-,23,24,29,30);1H. The van der Waals surface area contributed by atoms with Crippen molar-refractivity contribution in [1.82, 2.24) is 9.55 Å². The summed E-state index contributed by atoms with van der Waals surface area (Å²) in [4.78, 5) is 41.8. The molecule has 8 nitrogen and oxygen atoms in total. The molecule has 9 heteroatoms. The van der Waals surface area contributed by atoms with Crippen molar-refractivity contribution in [2.24, 2.45) is 0 Å². The average molecular weight is 444 g/mol. The summed E-state index contributed by atoms with van der Waals surface area (Å²) in [5.74, 6) is -0.307. The normalized spacial score (nSPS) is 10.4. The molecular weight excluding hydrogens is 418 g/mol. The monoisotopic (exact) mass is 443 g/mol. The fraction of sp³-hybridized carbons (Fsp3) is 0.273. The number of rotatable bonds is 7. The van der Waals surface area contributed by atoms with Gasteiger partial charge in [0.1, 0.15) is 5.82 Å². The van der Waals surface area contributed by atoms with Crippen molar-refractivity contribution < 1.29 is 21.8 Å². The molecule has 0 unspecified atom stereocenters. The van der Waals surface area contributed by atoms with Crippen LogP contribution in [0.3, 0.4) is 0 Å². The third-order valence-corrected chi connectivity index (χ3v) is 4.74. The highest BCUT2D eigenvalue weighted by atomic mass is 35.5. The Morgan fingerprint density at radius 2 is 1.87 bits per heavy atom. The first-order valence-electron chi connectivity index (χ1n) is 9.83. The Hall–Kier alpha value is -3.39. The quantitative estimate of drug-likeness (QED) is 0.421. The highest BCUT2D eigenvalue weighted by Gasteiger charge is 2.26. The van der Waals surface area contributed by atoms with Crippen molar-refractivity contribution in [2.45, 2.75) is 33.4 Å². The minimum Gasteiger partial charge on any atom is -1.00 e. The van der Waals surface area contributed by atoms with Gasteiger partial charge >= 0.3 is 5.69 Å². The molecule has 2 heterocycles. The van der Waals surface area contributed by atoms with E-state index in [9.17, 15) is 14.4 Å². The van der Waals surface area contributed by atoms with Gasteiger partial charge in [-0.2, -0.15) is 4.57 Å². The van der Waals surface area contributed by atoms with Crippen LogP contribution in [0.25, 0.3) is 0 Å². The van der Waals surface area contributed by atoms with Crippen LogP contribution < -0.4 is 38.9 Å². The molecule has 164 valence electrons. The number of carbonyl (C=O) groups is 1. The first-order valence-corrected chi connectivity index (χ1v) is 9.83. The molecule has 3 aromatic rings. The van der Waals surface area contributed by atoms with Gasteiger partial charge in [0, 0.05) is 18.2 Å². The number of aryl methyl sites for hydroxylation is 1. The maximum atomic E-state index is 13.1. The van der Waals surface area contributed by atoms with Gasteiger partial charge < -0.3 is 18.1 Å². The fourth-order valence-electron chi connectivity index (χ4n) is 3.34. The maximum absolute atomic E-state index is 13.1. The summed E-state index contributed by atoms with van der Waals surface area (Å²) in [5, 5.41) is 0. The number of halogens is 1. The van der Waals surface area contributed by atoms with E-state index in [4.69, 9.17) is 5.73 Å². The predicted octanol–water partition coefficient (Wildman–Crippen LogP) is -1.79. The maximum Gasteiger partial charge on any atom is 0.330 e. The number of nitrogens with one attached hydrogen (secondary N) is 1. The largest absolute Gasteiger partial charge is 1.00 e. The van der Waals surface area contributed by atoms with E-state index in [0.717, 1.165) is 11.1 Å². The first kappa shape index (κ1) is 23.9. The van der Waals surface area contributed by atoms with Crippen molar-refractivity contribution >= 4 is 17.4 Å². The number of nitrogens with zero attached hydrogens (tertiary/aromatic N) is 3. The van der Waals surface area contributed by atoms with Crippen LogP contribution in [0.5, 0.6) is 0 Å². The Kier molecular flexibility index (Phi) is 8.15. The lowest BCUT2D eigenvalue weighted by molar-refractivity contribution is -0.684. The SMILES string of the molecule is CCCN(C(=O)C[n+]1cccc(C)c1)c1c(N)n(Cc2ccccc2)c(=O)[nH]c1=O.[Cl-]. The molecule has 31 heavy (non-hydrogen) atoms. The number of hydrogen-bond donors (Lipinski definition) is 2. The van der Waals surface area contributed by atoms with Gasteiger partial charge in [0.05, 0.1) is 6.54 Å². The van der Waals surface area contributed by atoms with Crippen LogP contribution in [0.1, 0.15) is 24.5 Å². The summed E-state index contributed by atoms with van der Waals surface area (Å²) in [6.45, 7) is 4.40. The van der Waals surface area contributed by atoms with Gasteiger partial charge in [-0.05, 0) is 25.0 Å². The van der Waals surface area contributed by atoms with Gasteiger partial charge in [-0.25, -0.2) is 4.79 Å². The Morgan fingerprint density at radius 1 is 1.16 bits per heavy atom. The lowest BCUT2D eigenvalue weighted by Gasteiger charge is -2.23. The van der Waals surface area contributed by atoms with E-state index in [0.29, 0.717) is 13.0 Å². The van der Waals surface area contributed by atoms with Crippen molar-refractivity contribution in [1.29, 1.82) is 0 Å². The molecular formula is C22H26ClN5O3. The van der Waals surface area contributed by atoms with E-state index in [1.807, 2.05) is 62.5 Å². The molecule has 0 aliphatic heterocycles. The van der Waals surface area contributed by atoms with Crippen LogP contribution in [-0.2, 0) is 17.9 Å². The number of aromatic nitrogens is 3. The number of hydrogen-bond acceptors (Lipinski definition) is 4. The van der Waals surface area contributed by atoms with E-state index in [1.165, 1.54) is 9.47 Å². The van der Waals surface area contributed by atoms with Crippen LogP contribution in [-0.4, -0.2) is 22.0 Å². The number of pyridine rings is 1. The van der Waals surface area contributed by atoms with E-state index in [-0.39, 0.29) is 42.9 Å². The highest BCUT2D eigenvalue weighted by Crippen LogP contribution is 2.18. The molecule has 1 aromatic carbocycles. The summed E-state index contributed by atoms with van der Waals surface area (Å²) >= 11 is 0. The molecule has 3 N–H and O–H groups in total. The molecule has 3 rings (SSSR count). The minimum atomic E-state index is -0.669.